The molecule has 0 saturated heterocycles. The van der Waals surface area contributed by atoms with Crippen molar-refractivity contribution in [3.8, 4) is 0 Å². The fraction of sp³-hybridized carbons (Fsp3) is 0.400. The van der Waals surface area contributed by atoms with Crippen LogP contribution in [0.3, 0.4) is 0 Å². The van der Waals surface area contributed by atoms with Crippen LogP contribution in [0, 0.1) is 5.41 Å². The standard InChI is InChI=1S/C15H19N3O3S/c1-15(2,3)12(9-7-16-18(4)8-9)17-13(19)10-5-6-11(22-10)14(20)21/h5-8,12H,1-4H3,(H,17,19)(H,20,21)/t12-/m1/s1. The SMILES string of the molecule is Cn1cc([C@@H](NC(=O)c2ccc(C(=O)O)s2)C(C)(C)C)cn1. The summed E-state index contributed by atoms with van der Waals surface area (Å²) in [5, 5.41) is 16.1. The molecule has 2 heterocycles. The zero-order valence-electron chi connectivity index (χ0n) is 13.0. The van der Waals surface area contributed by atoms with Crippen LogP contribution in [0.1, 0.15) is 51.7 Å². The molecule has 0 saturated carbocycles. The van der Waals surface area contributed by atoms with E-state index in [2.05, 4.69) is 10.4 Å². The van der Waals surface area contributed by atoms with Crippen molar-refractivity contribution in [3.05, 3.63) is 39.8 Å². The van der Waals surface area contributed by atoms with E-state index in [4.69, 9.17) is 5.11 Å². The molecule has 22 heavy (non-hydrogen) atoms. The van der Waals surface area contributed by atoms with Gasteiger partial charge < -0.3 is 10.4 Å². The van der Waals surface area contributed by atoms with Crippen LogP contribution in [0.4, 0.5) is 0 Å². The van der Waals surface area contributed by atoms with Crippen LogP contribution in [0.5, 0.6) is 0 Å². The number of carboxylic acid groups (broad SMARTS) is 1. The maximum atomic E-state index is 12.4. The maximum absolute atomic E-state index is 12.4. The molecule has 0 unspecified atom stereocenters. The fourth-order valence-electron chi connectivity index (χ4n) is 2.17. The number of carboxylic acids is 1. The summed E-state index contributed by atoms with van der Waals surface area (Å²) in [5.74, 6) is -1.30. The smallest absolute Gasteiger partial charge is 0.345 e. The lowest BCUT2D eigenvalue weighted by Crippen LogP contribution is -2.36. The highest BCUT2D eigenvalue weighted by Gasteiger charge is 2.29. The zero-order valence-corrected chi connectivity index (χ0v) is 13.8. The summed E-state index contributed by atoms with van der Waals surface area (Å²) in [6.45, 7) is 6.09. The molecule has 0 aromatic carbocycles. The first-order valence-corrected chi connectivity index (χ1v) is 7.62. The summed E-state index contributed by atoms with van der Waals surface area (Å²) >= 11 is 0.970. The molecule has 0 aliphatic heterocycles. The van der Waals surface area contributed by atoms with Gasteiger partial charge in [-0.1, -0.05) is 20.8 Å². The van der Waals surface area contributed by atoms with Crippen molar-refractivity contribution < 1.29 is 14.7 Å². The molecular weight excluding hydrogens is 302 g/mol. The first kappa shape index (κ1) is 16.2. The quantitative estimate of drug-likeness (QED) is 0.907. The number of hydrogen-bond acceptors (Lipinski definition) is 4. The lowest BCUT2D eigenvalue weighted by atomic mass is 9.83. The molecule has 2 N–H and O–H groups in total. The summed E-state index contributed by atoms with van der Waals surface area (Å²) in [5.41, 5.74) is 0.712. The van der Waals surface area contributed by atoms with E-state index in [1.807, 2.05) is 34.0 Å². The van der Waals surface area contributed by atoms with Gasteiger partial charge in [0.1, 0.15) is 4.88 Å². The third-order valence-corrected chi connectivity index (χ3v) is 4.31. The highest BCUT2D eigenvalue weighted by atomic mass is 32.1. The molecule has 6 nitrogen and oxygen atoms in total. The van der Waals surface area contributed by atoms with Crippen molar-refractivity contribution in [2.75, 3.05) is 0 Å². The third kappa shape index (κ3) is 3.54. The molecule has 0 bridgehead atoms. The van der Waals surface area contributed by atoms with Crippen LogP contribution < -0.4 is 5.32 Å². The van der Waals surface area contributed by atoms with Gasteiger partial charge in [-0.25, -0.2) is 4.79 Å². The Kier molecular flexibility index (Phi) is 4.37. The summed E-state index contributed by atoms with van der Waals surface area (Å²) in [6.07, 6.45) is 3.60. The highest BCUT2D eigenvalue weighted by molar-refractivity contribution is 7.15. The Morgan fingerprint density at radius 1 is 1.32 bits per heavy atom. The molecule has 1 atom stereocenters. The fourth-order valence-corrected chi connectivity index (χ4v) is 2.91. The van der Waals surface area contributed by atoms with Crippen molar-refractivity contribution in [1.29, 1.82) is 0 Å². The van der Waals surface area contributed by atoms with Gasteiger partial charge >= 0.3 is 5.97 Å². The van der Waals surface area contributed by atoms with E-state index >= 15 is 0 Å². The molecule has 0 radical (unpaired) electrons. The van der Waals surface area contributed by atoms with E-state index in [0.717, 1.165) is 16.9 Å². The zero-order chi connectivity index (χ0) is 16.5. The van der Waals surface area contributed by atoms with E-state index in [1.54, 1.807) is 10.9 Å². The summed E-state index contributed by atoms with van der Waals surface area (Å²) in [4.78, 5) is 23.8. The average molecular weight is 321 g/mol. The molecule has 1 amide bonds. The molecule has 118 valence electrons. The second-order valence-electron chi connectivity index (χ2n) is 6.19. The van der Waals surface area contributed by atoms with Crippen molar-refractivity contribution in [2.45, 2.75) is 26.8 Å². The summed E-state index contributed by atoms with van der Waals surface area (Å²) in [6, 6.07) is 2.76. The Morgan fingerprint density at radius 2 is 1.95 bits per heavy atom. The molecule has 0 fully saturated rings. The Bertz CT molecular complexity index is 697. The van der Waals surface area contributed by atoms with Gasteiger partial charge in [-0.05, 0) is 17.5 Å². The number of rotatable bonds is 4. The van der Waals surface area contributed by atoms with Gasteiger partial charge in [0.05, 0.1) is 17.1 Å². The lowest BCUT2D eigenvalue weighted by Gasteiger charge is -2.30. The van der Waals surface area contributed by atoms with Crippen LogP contribution in [-0.2, 0) is 7.05 Å². The van der Waals surface area contributed by atoms with E-state index in [1.165, 1.54) is 12.1 Å². The Hall–Kier alpha value is -2.15. The molecule has 2 rings (SSSR count). The largest absolute Gasteiger partial charge is 0.477 e. The Balaban J connectivity index is 2.23. The molecule has 7 heteroatoms. The van der Waals surface area contributed by atoms with Crippen LogP contribution in [-0.4, -0.2) is 26.8 Å². The highest BCUT2D eigenvalue weighted by Crippen LogP contribution is 2.33. The number of nitrogens with one attached hydrogen (secondary N) is 1. The van der Waals surface area contributed by atoms with Crippen molar-refractivity contribution in [2.24, 2.45) is 12.5 Å². The minimum Gasteiger partial charge on any atom is -0.477 e. The molecular formula is C15H19N3O3S. The minimum atomic E-state index is -1.02. The number of aromatic carboxylic acids is 1. The summed E-state index contributed by atoms with van der Waals surface area (Å²) < 4.78 is 1.69. The van der Waals surface area contributed by atoms with Gasteiger partial charge in [-0.15, -0.1) is 11.3 Å². The lowest BCUT2D eigenvalue weighted by molar-refractivity contribution is 0.0702. The first-order chi connectivity index (χ1) is 10.2. The van der Waals surface area contributed by atoms with E-state index in [9.17, 15) is 9.59 Å². The van der Waals surface area contributed by atoms with Crippen LogP contribution in [0.25, 0.3) is 0 Å². The van der Waals surface area contributed by atoms with Gasteiger partial charge in [-0.2, -0.15) is 5.10 Å². The van der Waals surface area contributed by atoms with Gasteiger partial charge in [0.15, 0.2) is 0 Å². The van der Waals surface area contributed by atoms with Gasteiger partial charge in [0.25, 0.3) is 5.91 Å². The number of nitrogens with zero attached hydrogens (tertiary/aromatic N) is 2. The third-order valence-electron chi connectivity index (χ3n) is 3.24. The van der Waals surface area contributed by atoms with Gasteiger partial charge in [-0.3, -0.25) is 9.48 Å². The van der Waals surface area contributed by atoms with Crippen LogP contribution >= 0.6 is 11.3 Å². The Labute approximate surface area is 132 Å². The van der Waals surface area contributed by atoms with Crippen LogP contribution in [0.2, 0.25) is 0 Å². The van der Waals surface area contributed by atoms with Crippen molar-refractivity contribution in [1.82, 2.24) is 15.1 Å². The number of carbonyl (C=O) groups excluding carboxylic acids is 1. The molecule has 2 aromatic heterocycles. The average Bonchev–Trinajstić information content (AvgIpc) is 3.02. The normalized spacial score (nSPS) is 12.9. The molecule has 0 aliphatic carbocycles. The van der Waals surface area contributed by atoms with Crippen LogP contribution in [0.15, 0.2) is 24.5 Å². The topological polar surface area (TPSA) is 84.2 Å². The maximum Gasteiger partial charge on any atom is 0.345 e. The second-order valence-corrected chi connectivity index (χ2v) is 7.27. The predicted octanol–water partition coefficient (Wildman–Crippen LogP) is 2.70. The molecule has 2 aromatic rings. The Morgan fingerprint density at radius 3 is 2.41 bits per heavy atom. The second kappa shape index (κ2) is 5.92. The number of hydrogen-bond donors (Lipinski definition) is 2. The monoisotopic (exact) mass is 321 g/mol. The summed E-state index contributed by atoms with van der Waals surface area (Å²) in [7, 11) is 1.82. The minimum absolute atomic E-state index is 0.152. The van der Waals surface area contributed by atoms with E-state index < -0.39 is 5.97 Å². The molecule has 0 spiro atoms. The number of thiophene rings is 1. The predicted molar refractivity (Wildman–Crippen MR) is 84.1 cm³/mol. The number of aryl methyl sites for hydroxylation is 1. The first-order valence-electron chi connectivity index (χ1n) is 6.81. The van der Waals surface area contributed by atoms with Gasteiger partial charge in [0.2, 0.25) is 0 Å². The molecule has 0 aliphatic rings. The van der Waals surface area contributed by atoms with E-state index in [-0.39, 0.29) is 22.2 Å². The van der Waals surface area contributed by atoms with Crippen molar-refractivity contribution >= 4 is 23.2 Å². The number of aromatic nitrogens is 2. The number of carbonyl (C=O) groups is 2. The van der Waals surface area contributed by atoms with Gasteiger partial charge in [0, 0.05) is 18.8 Å². The van der Waals surface area contributed by atoms with E-state index in [0.29, 0.717) is 4.88 Å². The van der Waals surface area contributed by atoms with Crippen molar-refractivity contribution in [3.63, 3.8) is 0 Å². The number of amides is 1.